The fraction of sp³-hybridized carbons (Fsp3) is 0.350. The third-order valence-corrected chi connectivity index (χ3v) is 5.24. The van der Waals surface area contributed by atoms with E-state index >= 15 is 0 Å². The quantitative estimate of drug-likeness (QED) is 0.510. The highest BCUT2D eigenvalue weighted by atomic mass is 32.2. The van der Waals surface area contributed by atoms with Crippen molar-refractivity contribution < 1.29 is 17.7 Å². The summed E-state index contributed by atoms with van der Waals surface area (Å²) in [4.78, 5) is 6.14. The summed E-state index contributed by atoms with van der Waals surface area (Å²) >= 11 is 0. The molecular weight excluding hydrogens is 384 g/mol. The Kier molecular flexibility index (Phi) is 8.87. The second-order valence-electron chi connectivity index (χ2n) is 6.13. The van der Waals surface area contributed by atoms with Crippen LogP contribution in [0.5, 0.6) is 5.75 Å². The smallest absolute Gasteiger partial charge is 0.387 e. The molecule has 2 rings (SSSR count). The van der Waals surface area contributed by atoms with Crippen LogP contribution < -0.4 is 10.1 Å². The Bertz CT molecular complexity index is 771. The molecule has 1 unspecified atom stereocenters. The number of nitrogens with zero attached hydrogens (tertiary/aromatic N) is 2. The summed E-state index contributed by atoms with van der Waals surface area (Å²) in [6.07, 6.45) is 0. The normalized spacial score (nSPS) is 12.7. The summed E-state index contributed by atoms with van der Waals surface area (Å²) in [5.74, 6) is 1.85. The van der Waals surface area contributed by atoms with Gasteiger partial charge in [0.05, 0.1) is 0 Å². The van der Waals surface area contributed by atoms with E-state index in [0.717, 1.165) is 11.1 Å². The van der Waals surface area contributed by atoms with Crippen LogP contribution in [0.1, 0.15) is 11.1 Å². The van der Waals surface area contributed by atoms with Gasteiger partial charge >= 0.3 is 6.61 Å². The minimum atomic E-state index is -2.83. The number of rotatable bonds is 9. The van der Waals surface area contributed by atoms with E-state index in [1.54, 1.807) is 19.2 Å². The van der Waals surface area contributed by atoms with E-state index in [9.17, 15) is 13.0 Å². The summed E-state index contributed by atoms with van der Waals surface area (Å²) < 4.78 is 41.0. The van der Waals surface area contributed by atoms with E-state index in [4.69, 9.17) is 0 Å². The van der Waals surface area contributed by atoms with Crippen LogP contribution in [0.25, 0.3) is 0 Å². The topological polar surface area (TPSA) is 53.9 Å². The first kappa shape index (κ1) is 21.8. The third kappa shape index (κ3) is 7.64. The molecule has 2 aromatic carbocycles. The van der Waals surface area contributed by atoms with E-state index < -0.39 is 17.4 Å². The number of alkyl halides is 2. The highest BCUT2D eigenvalue weighted by Gasteiger charge is 2.09. The van der Waals surface area contributed by atoms with Crippen LogP contribution in [0.3, 0.4) is 0 Å². The zero-order valence-corrected chi connectivity index (χ0v) is 16.8. The minimum absolute atomic E-state index is 0.129. The molecule has 0 heterocycles. The molecule has 28 heavy (non-hydrogen) atoms. The number of hydrogen-bond acceptors (Lipinski definition) is 3. The Hall–Kier alpha value is -2.48. The van der Waals surface area contributed by atoms with Crippen molar-refractivity contribution in [1.29, 1.82) is 0 Å². The molecule has 0 bridgehead atoms. The fourth-order valence-electron chi connectivity index (χ4n) is 2.62. The van der Waals surface area contributed by atoms with Gasteiger partial charge in [0.2, 0.25) is 0 Å². The Balaban J connectivity index is 1.78. The van der Waals surface area contributed by atoms with Crippen LogP contribution in [-0.4, -0.2) is 48.1 Å². The van der Waals surface area contributed by atoms with Gasteiger partial charge in [-0.25, -0.2) is 0 Å². The lowest BCUT2D eigenvalue weighted by atomic mass is 10.2. The van der Waals surface area contributed by atoms with Gasteiger partial charge < -0.3 is 15.0 Å². The molecule has 0 radical (unpaired) electrons. The van der Waals surface area contributed by atoms with Crippen LogP contribution in [0, 0.1) is 0 Å². The average Bonchev–Trinajstić information content (AvgIpc) is 2.67. The maximum absolute atomic E-state index is 12.2. The van der Waals surface area contributed by atoms with Gasteiger partial charge in [0.15, 0.2) is 5.96 Å². The predicted molar refractivity (Wildman–Crippen MR) is 109 cm³/mol. The molecule has 0 aliphatic heterocycles. The van der Waals surface area contributed by atoms with Crippen molar-refractivity contribution >= 4 is 16.8 Å². The number of hydrogen-bond donors (Lipinski definition) is 1. The van der Waals surface area contributed by atoms with Gasteiger partial charge in [-0.3, -0.25) is 9.20 Å². The van der Waals surface area contributed by atoms with Crippen LogP contribution in [0.4, 0.5) is 8.78 Å². The summed E-state index contributed by atoms with van der Waals surface area (Å²) in [5.41, 5.74) is 1.99. The minimum Gasteiger partial charge on any atom is -0.435 e. The molecular formula is C20H25F2N3O2S. The molecule has 0 aromatic heterocycles. The summed E-state index contributed by atoms with van der Waals surface area (Å²) in [6, 6.07) is 16.2. The Morgan fingerprint density at radius 3 is 2.43 bits per heavy atom. The maximum Gasteiger partial charge on any atom is 0.387 e. The standard InChI is InChI=1S/C20H25F2N3O2S/c1-23-20(24-12-13-28(26)15-17-6-4-3-5-7-17)25(2)14-16-8-10-18(11-9-16)27-19(21)22/h3-11,19H,12-15H2,1-2H3,(H,23,24). The molecule has 8 heteroatoms. The number of nitrogens with one attached hydrogen (secondary N) is 1. The summed E-state index contributed by atoms with van der Waals surface area (Å²) in [5, 5.41) is 3.20. The van der Waals surface area contributed by atoms with E-state index in [-0.39, 0.29) is 5.75 Å². The van der Waals surface area contributed by atoms with E-state index in [0.29, 0.717) is 30.6 Å². The highest BCUT2D eigenvalue weighted by Crippen LogP contribution is 2.15. The van der Waals surface area contributed by atoms with Gasteiger partial charge in [0, 0.05) is 49.5 Å². The second kappa shape index (κ2) is 11.4. The van der Waals surface area contributed by atoms with Crippen LogP contribution in [-0.2, 0) is 23.1 Å². The first-order chi connectivity index (χ1) is 13.5. The molecule has 1 N–H and O–H groups in total. The first-order valence-electron chi connectivity index (χ1n) is 8.82. The Labute approximate surface area is 166 Å². The van der Waals surface area contributed by atoms with Crippen LogP contribution in [0.2, 0.25) is 0 Å². The van der Waals surface area contributed by atoms with Crippen LogP contribution in [0.15, 0.2) is 59.6 Å². The predicted octanol–water partition coefficient (Wildman–Crippen LogP) is 3.24. The van der Waals surface area contributed by atoms with Gasteiger partial charge in [-0.05, 0) is 23.3 Å². The maximum atomic E-state index is 12.2. The molecule has 0 amide bonds. The Morgan fingerprint density at radius 2 is 1.82 bits per heavy atom. The zero-order valence-electron chi connectivity index (χ0n) is 16.0. The lowest BCUT2D eigenvalue weighted by Crippen LogP contribution is -2.40. The molecule has 152 valence electrons. The molecule has 0 spiro atoms. The van der Waals surface area contributed by atoms with Crippen molar-refractivity contribution in [2.45, 2.75) is 18.9 Å². The van der Waals surface area contributed by atoms with Gasteiger partial charge in [0.25, 0.3) is 0 Å². The summed E-state index contributed by atoms with van der Waals surface area (Å²) in [6.45, 7) is -1.75. The largest absolute Gasteiger partial charge is 0.435 e. The SMILES string of the molecule is CN=C(NCCS(=O)Cc1ccccc1)N(C)Cc1ccc(OC(F)F)cc1. The lowest BCUT2D eigenvalue weighted by Gasteiger charge is -2.22. The molecule has 1 atom stereocenters. The van der Waals surface area contributed by atoms with Gasteiger partial charge in [-0.2, -0.15) is 8.78 Å². The molecule has 0 aliphatic rings. The third-order valence-electron chi connectivity index (χ3n) is 3.92. The number of benzene rings is 2. The van der Waals surface area contributed by atoms with Gasteiger partial charge in [0.1, 0.15) is 5.75 Å². The molecule has 5 nitrogen and oxygen atoms in total. The molecule has 0 aliphatic carbocycles. The zero-order chi connectivity index (χ0) is 20.4. The number of aliphatic imine (C=N–C) groups is 1. The van der Waals surface area contributed by atoms with Crippen molar-refractivity contribution in [1.82, 2.24) is 10.2 Å². The molecule has 0 saturated carbocycles. The average molecular weight is 410 g/mol. The van der Waals surface area contributed by atoms with Crippen molar-refractivity contribution in [3.05, 3.63) is 65.7 Å². The van der Waals surface area contributed by atoms with Crippen molar-refractivity contribution in [2.75, 3.05) is 26.4 Å². The molecule has 2 aromatic rings. The van der Waals surface area contributed by atoms with Crippen LogP contribution >= 0.6 is 0 Å². The van der Waals surface area contributed by atoms with E-state index in [2.05, 4.69) is 15.0 Å². The monoisotopic (exact) mass is 409 g/mol. The summed E-state index contributed by atoms with van der Waals surface area (Å²) in [7, 11) is 2.60. The van der Waals surface area contributed by atoms with Gasteiger partial charge in [-0.1, -0.05) is 42.5 Å². The fourth-order valence-corrected chi connectivity index (χ4v) is 3.66. The van der Waals surface area contributed by atoms with E-state index in [1.807, 2.05) is 42.3 Å². The van der Waals surface area contributed by atoms with Gasteiger partial charge in [-0.15, -0.1) is 0 Å². The first-order valence-corrected chi connectivity index (χ1v) is 10.3. The van der Waals surface area contributed by atoms with Crippen molar-refractivity contribution in [3.8, 4) is 5.75 Å². The highest BCUT2D eigenvalue weighted by molar-refractivity contribution is 7.84. The number of ether oxygens (including phenoxy) is 1. The van der Waals surface area contributed by atoms with Crippen molar-refractivity contribution in [3.63, 3.8) is 0 Å². The second-order valence-corrected chi connectivity index (χ2v) is 7.70. The van der Waals surface area contributed by atoms with E-state index in [1.165, 1.54) is 12.1 Å². The lowest BCUT2D eigenvalue weighted by molar-refractivity contribution is -0.0498. The molecule has 0 saturated heterocycles. The molecule has 0 fully saturated rings. The number of guanidine groups is 1. The Morgan fingerprint density at radius 1 is 1.14 bits per heavy atom. The number of halogens is 2. The van der Waals surface area contributed by atoms with Crippen molar-refractivity contribution in [2.24, 2.45) is 4.99 Å².